The molecular formula is C11H18N2. The molecule has 1 heterocycles. The maximum Gasteiger partial charge on any atom is 0.0951 e. The van der Waals surface area contributed by atoms with E-state index in [1.165, 1.54) is 30.8 Å². The van der Waals surface area contributed by atoms with Gasteiger partial charge in [-0.05, 0) is 31.6 Å². The summed E-state index contributed by atoms with van der Waals surface area (Å²) >= 11 is 0. The van der Waals surface area contributed by atoms with Crippen LogP contribution in [0.4, 0.5) is 0 Å². The van der Waals surface area contributed by atoms with Crippen molar-refractivity contribution in [2.24, 2.45) is 5.92 Å². The van der Waals surface area contributed by atoms with Crippen LogP contribution in [0.3, 0.4) is 0 Å². The van der Waals surface area contributed by atoms with Gasteiger partial charge >= 0.3 is 0 Å². The van der Waals surface area contributed by atoms with Crippen LogP contribution in [0.15, 0.2) is 6.33 Å². The fraction of sp³-hybridized carbons (Fsp3) is 0.727. The van der Waals surface area contributed by atoms with Gasteiger partial charge in [-0.1, -0.05) is 13.8 Å². The highest BCUT2D eigenvalue weighted by Gasteiger charge is 2.23. The maximum atomic E-state index is 4.38. The summed E-state index contributed by atoms with van der Waals surface area (Å²) in [5.41, 5.74) is 2.63. The molecule has 0 radical (unpaired) electrons. The van der Waals surface area contributed by atoms with Crippen LogP contribution in [-0.2, 0) is 6.54 Å². The number of aromatic nitrogens is 2. The lowest BCUT2D eigenvalue weighted by Crippen LogP contribution is -2.05. The lowest BCUT2D eigenvalue weighted by molar-refractivity contribution is 0.583. The summed E-state index contributed by atoms with van der Waals surface area (Å²) in [6, 6.07) is 0. The van der Waals surface area contributed by atoms with Gasteiger partial charge in [-0.2, -0.15) is 0 Å². The van der Waals surface area contributed by atoms with Crippen LogP contribution in [0.5, 0.6) is 0 Å². The van der Waals surface area contributed by atoms with Gasteiger partial charge in [0.05, 0.1) is 12.0 Å². The van der Waals surface area contributed by atoms with Gasteiger partial charge < -0.3 is 4.57 Å². The van der Waals surface area contributed by atoms with Gasteiger partial charge in [0.15, 0.2) is 0 Å². The Morgan fingerprint density at radius 3 is 2.77 bits per heavy atom. The number of hydrogen-bond donors (Lipinski definition) is 0. The molecule has 0 saturated heterocycles. The summed E-state index contributed by atoms with van der Waals surface area (Å²) in [4.78, 5) is 4.38. The molecule has 0 spiro atoms. The highest BCUT2D eigenvalue weighted by molar-refractivity contribution is 5.15. The van der Waals surface area contributed by atoms with Crippen LogP contribution in [0.25, 0.3) is 0 Å². The van der Waals surface area contributed by atoms with Gasteiger partial charge in [-0.25, -0.2) is 4.98 Å². The molecule has 0 aliphatic heterocycles. The first kappa shape index (κ1) is 8.79. The second kappa shape index (κ2) is 3.17. The Bertz CT molecular complexity index is 295. The molecule has 13 heavy (non-hydrogen) atoms. The topological polar surface area (TPSA) is 17.8 Å². The van der Waals surface area contributed by atoms with Crippen LogP contribution in [-0.4, -0.2) is 9.55 Å². The number of imidazole rings is 1. The molecule has 2 rings (SSSR count). The summed E-state index contributed by atoms with van der Waals surface area (Å²) in [5.74, 6) is 1.53. The van der Waals surface area contributed by atoms with E-state index < -0.39 is 0 Å². The van der Waals surface area contributed by atoms with Crippen LogP contribution < -0.4 is 0 Å². The molecule has 2 heteroatoms. The van der Waals surface area contributed by atoms with Gasteiger partial charge in [0, 0.05) is 12.2 Å². The average molecular weight is 178 g/mol. The normalized spacial score (nSPS) is 16.9. The van der Waals surface area contributed by atoms with E-state index in [9.17, 15) is 0 Å². The van der Waals surface area contributed by atoms with E-state index in [0.29, 0.717) is 5.92 Å². The smallest absolute Gasteiger partial charge is 0.0951 e. The number of nitrogens with zero attached hydrogens (tertiary/aromatic N) is 2. The van der Waals surface area contributed by atoms with Crippen molar-refractivity contribution in [1.82, 2.24) is 9.55 Å². The quantitative estimate of drug-likeness (QED) is 0.696. The minimum Gasteiger partial charge on any atom is -0.334 e. The molecular weight excluding hydrogens is 160 g/mol. The van der Waals surface area contributed by atoms with Crippen molar-refractivity contribution < 1.29 is 0 Å². The Kier molecular flexibility index (Phi) is 2.14. The van der Waals surface area contributed by atoms with Crippen molar-refractivity contribution in [2.45, 2.75) is 46.1 Å². The highest BCUT2D eigenvalue weighted by atomic mass is 15.1. The third-order valence-electron chi connectivity index (χ3n) is 2.77. The fourth-order valence-corrected chi connectivity index (χ4v) is 1.97. The van der Waals surface area contributed by atoms with E-state index in [1.54, 1.807) is 0 Å². The van der Waals surface area contributed by atoms with E-state index in [0.717, 1.165) is 5.92 Å². The molecule has 1 aromatic heterocycles. The summed E-state index contributed by atoms with van der Waals surface area (Å²) in [5, 5.41) is 0. The predicted octanol–water partition coefficient (Wildman–Crippen LogP) is 2.72. The minimum atomic E-state index is 0.598. The highest BCUT2D eigenvalue weighted by Crippen LogP contribution is 2.32. The van der Waals surface area contributed by atoms with Gasteiger partial charge in [-0.3, -0.25) is 0 Å². The molecule has 1 fully saturated rings. The van der Waals surface area contributed by atoms with Gasteiger partial charge in [0.25, 0.3) is 0 Å². The monoisotopic (exact) mass is 178 g/mol. The zero-order chi connectivity index (χ0) is 9.42. The molecule has 1 saturated carbocycles. The maximum absolute atomic E-state index is 4.38. The number of rotatable bonds is 3. The third kappa shape index (κ3) is 1.77. The molecule has 0 aromatic carbocycles. The molecule has 1 aromatic rings. The first-order chi connectivity index (χ1) is 6.18. The summed E-state index contributed by atoms with van der Waals surface area (Å²) in [6.45, 7) is 7.79. The second-order valence-electron chi connectivity index (χ2n) is 4.47. The second-order valence-corrected chi connectivity index (χ2v) is 4.47. The van der Waals surface area contributed by atoms with Gasteiger partial charge in [0.2, 0.25) is 0 Å². The standard InChI is InChI=1S/C11H18N2/c1-8(2)11-9(3)12-7-13(11)6-10-4-5-10/h7-8,10H,4-6H2,1-3H3. The van der Waals surface area contributed by atoms with Crippen molar-refractivity contribution in [3.05, 3.63) is 17.7 Å². The Morgan fingerprint density at radius 2 is 2.23 bits per heavy atom. The molecule has 1 aliphatic carbocycles. The summed E-state index contributed by atoms with van der Waals surface area (Å²) in [6.07, 6.45) is 4.83. The minimum absolute atomic E-state index is 0.598. The summed E-state index contributed by atoms with van der Waals surface area (Å²) < 4.78 is 2.34. The number of hydrogen-bond acceptors (Lipinski definition) is 1. The lowest BCUT2D eigenvalue weighted by Gasteiger charge is -2.11. The molecule has 0 bridgehead atoms. The molecule has 0 N–H and O–H groups in total. The Morgan fingerprint density at radius 1 is 1.54 bits per heavy atom. The lowest BCUT2D eigenvalue weighted by atomic mass is 10.1. The SMILES string of the molecule is Cc1ncn(CC2CC2)c1C(C)C. The van der Waals surface area contributed by atoms with Crippen LogP contribution in [0, 0.1) is 12.8 Å². The predicted molar refractivity (Wildman–Crippen MR) is 53.8 cm³/mol. The van der Waals surface area contributed by atoms with E-state index in [1.807, 2.05) is 6.33 Å². The van der Waals surface area contributed by atoms with Crippen molar-refractivity contribution in [1.29, 1.82) is 0 Å². The molecule has 0 unspecified atom stereocenters. The molecule has 1 aliphatic rings. The Balaban J connectivity index is 2.22. The molecule has 0 amide bonds. The van der Waals surface area contributed by atoms with Crippen LogP contribution in [0.1, 0.15) is 44.0 Å². The van der Waals surface area contributed by atoms with Crippen molar-refractivity contribution in [3.8, 4) is 0 Å². The van der Waals surface area contributed by atoms with Crippen molar-refractivity contribution >= 4 is 0 Å². The average Bonchev–Trinajstić information content (AvgIpc) is 2.76. The van der Waals surface area contributed by atoms with Gasteiger partial charge in [0.1, 0.15) is 0 Å². The largest absolute Gasteiger partial charge is 0.334 e. The van der Waals surface area contributed by atoms with Crippen molar-refractivity contribution in [3.63, 3.8) is 0 Å². The molecule has 0 atom stereocenters. The van der Waals surface area contributed by atoms with Crippen LogP contribution in [0.2, 0.25) is 0 Å². The van der Waals surface area contributed by atoms with E-state index in [2.05, 4.69) is 30.3 Å². The first-order valence-electron chi connectivity index (χ1n) is 5.20. The molecule has 72 valence electrons. The van der Waals surface area contributed by atoms with E-state index in [4.69, 9.17) is 0 Å². The van der Waals surface area contributed by atoms with E-state index >= 15 is 0 Å². The number of aryl methyl sites for hydroxylation is 1. The first-order valence-corrected chi connectivity index (χ1v) is 5.20. The Labute approximate surface area is 80.0 Å². The van der Waals surface area contributed by atoms with Crippen LogP contribution >= 0.6 is 0 Å². The zero-order valence-electron chi connectivity index (χ0n) is 8.75. The van der Waals surface area contributed by atoms with E-state index in [-0.39, 0.29) is 0 Å². The summed E-state index contributed by atoms with van der Waals surface area (Å²) in [7, 11) is 0. The zero-order valence-corrected chi connectivity index (χ0v) is 8.75. The fourth-order valence-electron chi connectivity index (χ4n) is 1.97. The van der Waals surface area contributed by atoms with Gasteiger partial charge in [-0.15, -0.1) is 0 Å². The Hall–Kier alpha value is -0.790. The third-order valence-corrected chi connectivity index (χ3v) is 2.77. The van der Waals surface area contributed by atoms with Crippen molar-refractivity contribution in [2.75, 3.05) is 0 Å². The molecule has 2 nitrogen and oxygen atoms in total.